The quantitative estimate of drug-likeness (QED) is 0.816. The second kappa shape index (κ2) is 5.77. The van der Waals surface area contributed by atoms with E-state index in [9.17, 15) is 9.59 Å². The number of aromatic nitrogens is 2. The average Bonchev–Trinajstić information content (AvgIpc) is 3.12. The van der Waals surface area contributed by atoms with Crippen LogP contribution in [0.2, 0.25) is 5.15 Å². The third kappa shape index (κ3) is 3.96. The molecule has 2 N–H and O–H groups in total. The van der Waals surface area contributed by atoms with Crippen LogP contribution in [0.5, 0.6) is 0 Å². The van der Waals surface area contributed by atoms with Crippen molar-refractivity contribution in [3.8, 4) is 0 Å². The highest BCUT2D eigenvalue weighted by Crippen LogP contribution is 2.18. The molecule has 0 aliphatic heterocycles. The number of nitrogens with one attached hydrogen (secondary N) is 2. The number of hydrogen-bond donors (Lipinski definition) is 2. The minimum atomic E-state index is -0.385. The van der Waals surface area contributed by atoms with Crippen LogP contribution in [-0.2, 0) is 4.79 Å². The largest absolute Gasteiger partial charge is 0.353 e. The van der Waals surface area contributed by atoms with Crippen LogP contribution in [0, 0.1) is 0 Å². The number of rotatable bonds is 5. The smallest absolute Gasteiger partial charge is 0.271 e. The number of nitrogens with zero attached hydrogens (tertiary/aromatic N) is 2. The maximum absolute atomic E-state index is 11.6. The molecular formula is C11H13ClN4O2. The van der Waals surface area contributed by atoms with Gasteiger partial charge in [-0.1, -0.05) is 11.6 Å². The first-order chi connectivity index (χ1) is 8.65. The fraction of sp³-hybridized carbons (Fsp3) is 0.455. The Morgan fingerprint density at radius 3 is 2.83 bits per heavy atom. The van der Waals surface area contributed by atoms with Crippen LogP contribution in [0.1, 0.15) is 29.8 Å². The van der Waals surface area contributed by atoms with E-state index in [1.165, 1.54) is 12.4 Å². The summed E-state index contributed by atoms with van der Waals surface area (Å²) in [5.74, 6) is -0.431. The fourth-order valence-electron chi connectivity index (χ4n) is 1.36. The van der Waals surface area contributed by atoms with Gasteiger partial charge in [-0.3, -0.25) is 14.6 Å². The normalized spacial score (nSPS) is 14.1. The molecule has 1 aromatic heterocycles. The highest BCUT2D eigenvalue weighted by molar-refractivity contribution is 6.29. The Bertz CT molecular complexity index is 462. The summed E-state index contributed by atoms with van der Waals surface area (Å²) in [4.78, 5) is 30.5. The van der Waals surface area contributed by atoms with Gasteiger partial charge in [0.05, 0.1) is 12.4 Å². The van der Waals surface area contributed by atoms with Gasteiger partial charge in [-0.25, -0.2) is 4.98 Å². The molecule has 96 valence electrons. The van der Waals surface area contributed by atoms with E-state index in [2.05, 4.69) is 20.6 Å². The summed E-state index contributed by atoms with van der Waals surface area (Å²) in [5, 5.41) is 5.59. The highest BCUT2D eigenvalue weighted by atomic mass is 35.5. The third-order valence-electron chi connectivity index (χ3n) is 2.42. The minimum absolute atomic E-state index is 0.0463. The van der Waals surface area contributed by atoms with Crippen molar-refractivity contribution in [2.24, 2.45) is 0 Å². The zero-order chi connectivity index (χ0) is 13.0. The zero-order valence-corrected chi connectivity index (χ0v) is 10.4. The van der Waals surface area contributed by atoms with E-state index >= 15 is 0 Å². The molecule has 0 unspecified atom stereocenters. The number of hydrogen-bond acceptors (Lipinski definition) is 4. The van der Waals surface area contributed by atoms with Gasteiger partial charge >= 0.3 is 0 Å². The van der Waals surface area contributed by atoms with Crippen molar-refractivity contribution in [2.45, 2.75) is 25.3 Å². The summed E-state index contributed by atoms with van der Waals surface area (Å²) in [6.45, 7) is 0.269. The molecule has 0 spiro atoms. The predicted molar refractivity (Wildman–Crippen MR) is 65.2 cm³/mol. The lowest BCUT2D eigenvalue weighted by Crippen LogP contribution is -2.32. The molecule has 0 saturated heterocycles. The molecule has 1 saturated carbocycles. The Balaban J connectivity index is 1.72. The molecule has 6 nitrogen and oxygen atoms in total. The molecule has 1 fully saturated rings. The predicted octanol–water partition coefficient (Wildman–Crippen LogP) is 0.528. The van der Waals surface area contributed by atoms with Gasteiger partial charge in [0.25, 0.3) is 5.91 Å². The van der Waals surface area contributed by atoms with Crippen LogP contribution in [0.3, 0.4) is 0 Å². The monoisotopic (exact) mass is 268 g/mol. The molecule has 1 aliphatic carbocycles. The summed E-state index contributed by atoms with van der Waals surface area (Å²) >= 11 is 5.62. The second-order valence-corrected chi connectivity index (χ2v) is 4.46. The summed E-state index contributed by atoms with van der Waals surface area (Å²) in [7, 11) is 0. The van der Waals surface area contributed by atoms with Crippen LogP contribution in [0.4, 0.5) is 0 Å². The molecule has 0 radical (unpaired) electrons. The van der Waals surface area contributed by atoms with Gasteiger partial charge in [0.15, 0.2) is 0 Å². The lowest BCUT2D eigenvalue weighted by Gasteiger charge is -2.05. The van der Waals surface area contributed by atoms with Crippen LogP contribution in [0.15, 0.2) is 12.4 Å². The Kier molecular flexibility index (Phi) is 4.09. The molecule has 7 heteroatoms. The van der Waals surface area contributed by atoms with Gasteiger partial charge < -0.3 is 10.6 Å². The van der Waals surface area contributed by atoms with E-state index in [0.29, 0.717) is 6.04 Å². The first-order valence-electron chi connectivity index (χ1n) is 5.70. The van der Waals surface area contributed by atoms with Crippen LogP contribution < -0.4 is 10.6 Å². The lowest BCUT2D eigenvalue weighted by atomic mass is 10.3. The summed E-state index contributed by atoms with van der Waals surface area (Å²) < 4.78 is 0. The van der Waals surface area contributed by atoms with Gasteiger partial charge in [-0.15, -0.1) is 0 Å². The van der Waals surface area contributed by atoms with E-state index in [4.69, 9.17) is 11.6 Å². The van der Waals surface area contributed by atoms with E-state index in [0.717, 1.165) is 12.8 Å². The standard InChI is InChI=1S/C11H13ClN4O2/c12-9-6-13-5-8(16-9)11(18)14-4-3-10(17)15-7-1-2-7/h5-7H,1-4H2,(H,14,18)(H,15,17). The van der Waals surface area contributed by atoms with E-state index in [1.54, 1.807) is 0 Å². The molecule has 2 rings (SSSR count). The molecule has 18 heavy (non-hydrogen) atoms. The molecule has 0 aromatic carbocycles. The van der Waals surface area contributed by atoms with Crippen molar-refractivity contribution in [2.75, 3.05) is 6.54 Å². The van der Waals surface area contributed by atoms with Gasteiger partial charge in [-0.2, -0.15) is 0 Å². The zero-order valence-electron chi connectivity index (χ0n) is 9.65. The van der Waals surface area contributed by atoms with Crippen molar-refractivity contribution in [1.82, 2.24) is 20.6 Å². The highest BCUT2D eigenvalue weighted by Gasteiger charge is 2.22. The van der Waals surface area contributed by atoms with E-state index in [-0.39, 0.29) is 35.6 Å². The summed E-state index contributed by atoms with van der Waals surface area (Å²) in [5.41, 5.74) is 0.144. The Hall–Kier alpha value is -1.69. The maximum Gasteiger partial charge on any atom is 0.271 e. The Morgan fingerprint density at radius 2 is 2.17 bits per heavy atom. The number of amides is 2. The second-order valence-electron chi connectivity index (χ2n) is 4.07. The van der Waals surface area contributed by atoms with Crippen molar-refractivity contribution < 1.29 is 9.59 Å². The Labute approximate surface area is 109 Å². The first kappa shape index (κ1) is 12.8. The SMILES string of the molecule is O=C(CCNC(=O)c1cncc(Cl)n1)NC1CC1. The average molecular weight is 269 g/mol. The molecule has 1 aromatic rings. The maximum atomic E-state index is 11.6. The molecule has 0 atom stereocenters. The molecule has 1 heterocycles. The number of halogens is 1. The fourth-order valence-corrected chi connectivity index (χ4v) is 1.51. The number of carbonyl (C=O) groups excluding carboxylic acids is 2. The van der Waals surface area contributed by atoms with Crippen LogP contribution in [-0.4, -0.2) is 34.4 Å². The molecule has 1 aliphatic rings. The minimum Gasteiger partial charge on any atom is -0.353 e. The van der Waals surface area contributed by atoms with Gasteiger partial charge in [0.2, 0.25) is 5.91 Å². The molecule has 0 bridgehead atoms. The third-order valence-corrected chi connectivity index (χ3v) is 2.60. The first-order valence-corrected chi connectivity index (χ1v) is 6.08. The van der Waals surface area contributed by atoms with Crippen molar-refractivity contribution in [3.05, 3.63) is 23.2 Å². The van der Waals surface area contributed by atoms with Gasteiger partial charge in [-0.05, 0) is 12.8 Å². The van der Waals surface area contributed by atoms with Crippen molar-refractivity contribution in [3.63, 3.8) is 0 Å². The van der Waals surface area contributed by atoms with Crippen molar-refractivity contribution >= 4 is 23.4 Å². The van der Waals surface area contributed by atoms with Crippen LogP contribution in [0.25, 0.3) is 0 Å². The number of carbonyl (C=O) groups is 2. The van der Waals surface area contributed by atoms with Gasteiger partial charge in [0, 0.05) is 19.0 Å². The van der Waals surface area contributed by atoms with Gasteiger partial charge in [0.1, 0.15) is 10.8 Å². The van der Waals surface area contributed by atoms with E-state index in [1.807, 2.05) is 0 Å². The molecule has 2 amide bonds. The van der Waals surface area contributed by atoms with Crippen molar-refractivity contribution in [1.29, 1.82) is 0 Å². The summed E-state index contributed by atoms with van der Waals surface area (Å²) in [6.07, 6.45) is 5.04. The summed E-state index contributed by atoms with van der Waals surface area (Å²) in [6, 6.07) is 0.340. The topological polar surface area (TPSA) is 84.0 Å². The molecular weight excluding hydrogens is 256 g/mol. The van der Waals surface area contributed by atoms with Crippen LogP contribution >= 0.6 is 11.6 Å². The Morgan fingerprint density at radius 1 is 1.39 bits per heavy atom. The lowest BCUT2D eigenvalue weighted by molar-refractivity contribution is -0.121. The van der Waals surface area contributed by atoms with E-state index < -0.39 is 0 Å².